The molecule has 16 heteroatoms. The molecule has 5 N–H and O–H groups in total. The fraction of sp³-hybridized carbons (Fsp3) is 0.762. The van der Waals surface area contributed by atoms with Crippen LogP contribution in [0.25, 0.3) is 11.2 Å². The molecule has 2 aromatic rings. The van der Waals surface area contributed by atoms with Gasteiger partial charge in [-0.2, -0.15) is 9.97 Å². The molecule has 5 atom stereocenters. The first-order chi connectivity index (χ1) is 17.4. The zero-order valence-electron chi connectivity index (χ0n) is 20.1. The van der Waals surface area contributed by atoms with Crippen molar-refractivity contribution in [1.29, 1.82) is 0 Å². The summed E-state index contributed by atoms with van der Waals surface area (Å²) in [4.78, 5) is 43.4. The van der Waals surface area contributed by atoms with E-state index in [1.165, 1.54) is 43.0 Å². The number of imidazole rings is 1. The van der Waals surface area contributed by atoms with Crippen LogP contribution in [0.15, 0.2) is 6.33 Å². The number of aromatic nitrogens is 4. The summed E-state index contributed by atoms with van der Waals surface area (Å²) in [6, 6.07) is 0. The molecule has 1 aliphatic carbocycles. The fourth-order valence-electron chi connectivity index (χ4n) is 5.99. The molecule has 1 saturated carbocycles. The molecule has 0 radical (unpaired) electrons. The Kier molecular flexibility index (Phi) is 7.50. The summed E-state index contributed by atoms with van der Waals surface area (Å²) in [6.45, 7) is 1.69. The van der Waals surface area contributed by atoms with E-state index in [9.17, 15) is 24.2 Å². The molecular weight excluding hydrogens is 548 g/mol. The number of fused-ring (bicyclic) bond motifs is 1. The molecule has 2 saturated heterocycles. The van der Waals surface area contributed by atoms with Crippen molar-refractivity contribution >= 4 is 43.5 Å². The minimum Gasteiger partial charge on any atom is -0.388 e. The molecule has 1 spiro atoms. The van der Waals surface area contributed by atoms with Crippen LogP contribution in [0.2, 0.25) is 5.28 Å². The monoisotopic (exact) mass is 579 g/mol. The van der Waals surface area contributed by atoms with E-state index in [0.29, 0.717) is 17.0 Å². The van der Waals surface area contributed by atoms with E-state index in [4.69, 9.17) is 26.1 Å². The number of nitrogens with zero attached hydrogens (tertiary/aromatic N) is 5. The van der Waals surface area contributed by atoms with Crippen molar-refractivity contribution in [2.24, 2.45) is 5.41 Å². The van der Waals surface area contributed by atoms with Crippen LogP contribution in [0.5, 0.6) is 0 Å². The van der Waals surface area contributed by atoms with Crippen molar-refractivity contribution in [1.82, 2.24) is 19.5 Å². The van der Waals surface area contributed by atoms with Crippen molar-refractivity contribution in [3.8, 4) is 0 Å². The van der Waals surface area contributed by atoms with Crippen LogP contribution in [0.1, 0.15) is 51.2 Å². The molecule has 3 aliphatic rings. The van der Waals surface area contributed by atoms with E-state index in [2.05, 4.69) is 19.9 Å². The maximum atomic E-state index is 12.2. The third kappa shape index (κ3) is 5.76. The Balaban J connectivity index is 1.36. The quantitative estimate of drug-likeness (QED) is 0.237. The second-order valence-corrected chi connectivity index (χ2v) is 15.5. The Hall–Kier alpha value is -1.14. The van der Waals surface area contributed by atoms with Gasteiger partial charge in [0.25, 0.3) is 0 Å². The van der Waals surface area contributed by atoms with E-state index in [-0.39, 0.29) is 17.1 Å². The largest absolute Gasteiger partial charge is 0.388 e. The van der Waals surface area contributed by atoms with E-state index in [0.717, 1.165) is 19.5 Å². The van der Waals surface area contributed by atoms with Gasteiger partial charge in [-0.05, 0) is 42.7 Å². The summed E-state index contributed by atoms with van der Waals surface area (Å²) < 4.78 is 30.6. The van der Waals surface area contributed by atoms with E-state index >= 15 is 0 Å². The predicted molar refractivity (Wildman–Crippen MR) is 135 cm³/mol. The number of aliphatic hydroxyl groups excluding tert-OH is 2. The van der Waals surface area contributed by atoms with E-state index in [1.807, 2.05) is 0 Å². The first kappa shape index (κ1) is 27.4. The number of rotatable bonds is 7. The van der Waals surface area contributed by atoms with Gasteiger partial charge in [0.1, 0.15) is 18.1 Å². The van der Waals surface area contributed by atoms with Gasteiger partial charge in [0.2, 0.25) is 12.7 Å². The number of ether oxygens (including phenoxy) is 1. The van der Waals surface area contributed by atoms with Crippen LogP contribution in [0.3, 0.4) is 0 Å². The van der Waals surface area contributed by atoms with E-state index in [1.54, 1.807) is 0 Å². The first-order valence-electron chi connectivity index (χ1n) is 12.4. The van der Waals surface area contributed by atoms with Gasteiger partial charge in [-0.15, -0.1) is 0 Å². The summed E-state index contributed by atoms with van der Waals surface area (Å²) >= 11 is 6.30. The summed E-state index contributed by atoms with van der Waals surface area (Å²) in [7, 11) is -8.86. The Bertz CT molecular complexity index is 1250. The van der Waals surface area contributed by atoms with Crippen LogP contribution in [0, 0.1) is 5.41 Å². The smallest absolute Gasteiger partial charge is 0.335 e. The second kappa shape index (κ2) is 10.1. The molecule has 0 aromatic carbocycles. The van der Waals surface area contributed by atoms with Gasteiger partial charge in [-0.25, -0.2) is 4.98 Å². The predicted octanol–water partition coefficient (Wildman–Crippen LogP) is 2.06. The molecule has 5 rings (SSSR count). The van der Waals surface area contributed by atoms with Crippen LogP contribution in [0.4, 0.5) is 5.82 Å². The number of halogens is 1. The SMILES string of the molecule is O=P(O)(O)CP(=O)(O)CCC1OC(n2cnc3c(N4CCC5(CCCCC5)C4)nc(Cl)nc32)C(O)C1O. The highest BCUT2D eigenvalue weighted by Crippen LogP contribution is 2.55. The lowest BCUT2D eigenvalue weighted by atomic mass is 9.73. The third-order valence-electron chi connectivity index (χ3n) is 7.81. The molecule has 2 aromatic heterocycles. The average molecular weight is 580 g/mol. The highest BCUT2D eigenvalue weighted by molar-refractivity contribution is 7.72. The van der Waals surface area contributed by atoms with Crippen LogP contribution in [-0.2, 0) is 13.9 Å². The van der Waals surface area contributed by atoms with Crippen molar-refractivity contribution < 1.29 is 38.8 Å². The molecule has 4 heterocycles. The topological polar surface area (TPSA) is 191 Å². The number of anilines is 1. The van der Waals surface area contributed by atoms with Gasteiger partial charge in [0, 0.05) is 19.3 Å². The maximum absolute atomic E-state index is 12.2. The van der Waals surface area contributed by atoms with Crippen LogP contribution < -0.4 is 4.90 Å². The number of hydrogen-bond acceptors (Lipinski definition) is 9. The minimum atomic E-state index is -4.69. The zero-order valence-corrected chi connectivity index (χ0v) is 22.7. The normalized spacial score (nSPS) is 29.8. The molecule has 13 nitrogen and oxygen atoms in total. The highest BCUT2D eigenvalue weighted by atomic mass is 35.5. The molecule has 37 heavy (non-hydrogen) atoms. The van der Waals surface area contributed by atoms with Gasteiger partial charge >= 0.3 is 7.60 Å². The van der Waals surface area contributed by atoms with Gasteiger partial charge in [0.15, 0.2) is 23.2 Å². The lowest BCUT2D eigenvalue weighted by molar-refractivity contribution is -0.0354. The standard InChI is InChI=1S/C21H32ClN5O8P2/c22-20-24-17(26-8-7-21(10-26)5-2-1-3-6-21)14-18(25-20)27(11-23-14)19-16(29)15(28)13(35-19)4-9-36(30,31)12-37(32,33)34/h11,13,15-16,19,28-29H,1-10,12H2,(H,30,31)(H2,32,33,34). The fourth-order valence-corrected chi connectivity index (χ4v) is 9.68. The number of aliphatic hydroxyl groups is 2. The summed E-state index contributed by atoms with van der Waals surface area (Å²) in [5, 5.41) is 21.3. The molecule has 206 valence electrons. The van der Waals surface area contributed by atoms with Crippen molar-refractivity contribution in [3.05, 3.63) is 11.6 Å². The maximum Gasteiger partial charge on any atom is 0.335 e. The highest BCUT2D eigenvalue weighted by Gasteiger charge is 2.46. The lowest BCUT2D eigenvalue weighted by Crippen LogP contribution is -2.32. The van der Waals surface area contributed by atoms with Crippen molar-refractivity contribution in [2.45, 2.75) is 69.5 Å². The van der Waals surface area contributed by atoms with Gasteiger partial charge in [0.05, 0.1) is 12.4 Å². The average Bonchev–Trinajstić information content (AvgIpc) is 3.48. The number of hydrogen-bond donors (Lipinski definition) is 5. The Morgan fingerprint density at radius 2 is 1.81 bits per heavy atom. The third-order valence-corrected chi connectivity index (χ3v) is 12.2. The summed E-state index contributed by atoms with van der Waals surface area (Å²) in [6.07, 6.45) is 2.98. The Morgan fingerprint density at radius 3 is 2.51 bits per heavy atom. The summed E-state index contributed by atoms with van der Waals surface area (Å²) in [5.74, 6) is -0.545. The minimum absolute atomic E-state index is 0.0112. The molecule has 0 amide bonds. The molecular formula is C21H32ClN5O8P2. The van der Waals surface area contributed by atoms with Gasteiger partial charge in [-0.1, -0.05) is 19.3 Å². The zero-order chi connectivity index (χ0) is 26.6. The van der Waals surface area contributed by atoms with Gasteiger partial charge < -0.3 is 34.5 Å². The van der Waals surface area contributed by atoms with Crippen LogP contribution in [-0.4, -0.2) is 87.9 Å². The Morgan fingerprint density at radius 1 is 1.08 bits per heavy atom. The van der Waals surface area contributed by atoms with Gasteiger partial charge in [-0.3, -0.25) is 13.7 Å². The first-order valence-corrected chi connectivity index (χ1v) is 16.6. The molecule has 0 bridgehead atoms. The summed E-state index contributed by atoms with van der Waals surface area (Å²) in [5.41, 5.74) is 1.09. The van der Waals surface area contributed by atoms with Crippen molar-refractivity contribution in [3.63, 3.8) is 0 Å². The van der Waals surface area contributed by atoms with Crippen LogP contribution >= 0.6 is 26.6 Å². The second-order valence-electron chi connectivity index (χ2n) is 10.6. The lowest BCUT2D eigenvalue weighted by Gasteiger charge is -2.33. The molecule has 2 aliphatic heterocycles. The Labute approximate surface area is 218 Å². The van der Waals surface area contributed by atoms with Crippen molar-refractivity contribution in [2.75, 3.05) is 30.1 Å². The molecule has 3 fully saturated rings. The molecule has 5 unspecified atom stereocenters. The van der Waals surface area contributed by atoms with E-state index < -0.39 is 51.6 Å².